The molecule has 1 amide bonds. The number of carboxylic acid groups (broad SMARTS) is 1. The second kappa shape index (κ2) is 6.00. The molecule has 0 bridgehead atoms. The van der Waals surface area contributed by atoms with Crippen molar-refractivity contribution < 1.29 is 14.7 Å². The molecular formula is C12H22N2O3. The van der Waals surface area contributed by atoms with E-state index < -0.39 is 12.0 Å². The maximum atomic E-state index is 12.1. The lowest BCUT2D eigenvalue weighted by molar-refractivity contribution is -0.151. The topological polar surface area (TPSA) is 69.6 Å². The number of nitrogens with one attached hydrogen (secondary N) is 1. The summed E-state index contributed by atoms with van der Waals surface area (Å²) in [6, 6.07) is -0.705. The summed E-state index contributed by atoms with van der Waals surface area (Å²) in [7, 11) is 1.60. The molecule has 5 nitrogen and oxygen atoms in total. The smallest absolute Gasteiger partial charge is 0.326 e. The van der Waals surface area contributed by atoms with Crippen LogP contribution in [0.2, 0.25) is 0 Å². The molecule has 1 aliphatic heterocycles. The van der Waals surface area contributed by atoms with Gasteiger partial charge in [-0.05, 0) is 25.3 Å². The van der Waals surface area contributed by atoms with Gasteiger partial charge in [-0.3, -0.25) is 4.79 Å². The molecule has 5 heteroatoms. The van der Waals surface area contributed by atoms with E-state index in [0.717, 1.165) is 13.0 Å². The van der Waals surface area contributed by atoms with E-state index in [4.69, 9.17) is 0 Å². The van der Waals surface area contributed by atoms with Gasteiger partial charge in [0.1, 0.15) is 6.04 Å². The van der Waals surface area contributed by atoms with Gasteiger partial charge >= 0.3 is 5.97 Å². The molecule has 1 aliphatic rings. The molecule has 1 heterocycles. The summed E-state index contributed by atoms with van der Waals surface area (Å²) in [6.45, 7) is 5.43. The molecule has 0 saturated carbocycles. The first-order valence-electron chi connectivity index (χ1n) is 6.13. The number of amides is 1. The zero-order valence-corrected chi connectivity index (χ0v) is 10.8. The van der Waals surface area contributed by atoms with E-state index in [0.29, 0.717) is 13.0 Å². The summed E-state index contributed by atoms with van der Waals surface area (Å²) in [5.74, 6) is -0.773. The number of hydrogen-bond acceptors (Lipinski definition) is 3. The van der Waals surface area contributed by atoms with Crippen LogP contribution in [0, 0.1) is 11.8 Å². The third-order valence-corrected chi connectivity index (χ3v) is 3.20. The van der Waals surface area contributed by atoms with Gasteiger partial charge in [0.15, 0.2) is 0 Å². The fraction of sp³-hybridized carbons (Fsp3) is 0.833. The molecule has 0 aromatic heterocycles. The Bertz CT molecular complexity index is 285. The van der Waals surface area contributed by atoms with Crippen LogP contribution in [-0.4, -0.2) is 48.1 Å². The minimum absolute atomic E-state index is 0.0527. The van der Waals surface area contributed by atoms with Gasteiger partial charge < -0.3 is 15.3 Å². The highest BCUT2D eigenvalue weighted by atomic mass is 16.4. The van der Waals surface area contributed by atoms with E-state index >= 15 is 0 Å². The monoisotopic (exact) mass is 242 g/mol. The van der Waals surface area contributed by atoms with Crippen LogP contribution < -0.4 is 5.32 Å². The lowest BCUT2D eigenvalue weighted by Crippen LogP contribution is -2.46. The van der Waals surface area contributed by atoms with Gasteiger partial charge in [-0.1, -0.05) is 13.8 Å². The second-order valence-corrected chi connectivity index (χ2v) is 5.12. The Labute approximate surface area is 102 Å². The number of likely N-dealkylation sites (N-methyl/N-ethyl adjacent to an activating group) is 1. The largest absolute Gasteiger partial charge is 0.480 e. The Morgan fingerprint density at radius 1 is 1.47 bits per heavy atom. The summed E-state index contributed by atoms with van der Waals surface area (Å²) in [5, 5.41) is 12.3. The van der Waals surface area contributed by atoms with E-state index in [-0.39, 0.29) is 17.7 Å². The third kappa shape index (κ3) is 3.70. The van der Waals surface area contributed by atoms with Gasteiger partial charge in [0.2, 0.25) is 5.91 Å². The summed E-state index contributed by atoms with van der Waals surface area (Å²) in [4.78, 5) is 24.7. The average molecular weight is 242 g/mol. The molecule has 1 saturated heterocycles. The average Bonchev–Trinajstić information content (AvgIpc) is 2.76. The highest BCUT2D eigenvalue weighted by Gasteiger charge is 2.32. The first kappa shape index (κ1) is 14.0. The predicted octanol–water partition coefficient (Wildman–Crippen LogP) is 0.554. The zero-order chi connectivity index (χ0) is 13.0. The van der Waals surface area contributed by atoms with Crippen LogP contribution in [0.3, 0.4) is 0 Å². The van der Waals surface area contributed by atoms with Gasteiger partial charge in [0.25, 0.3) is 0 Å². The van der Waals surface area contributed by atoms with E-state index in [1.165, 1.54) is 4.90 Å². The van der Waals surface area contributed by atoms with E-state index in [2.05, 4.69) is 5.32 Å². The summed E-state index contributed by atoms with van der Waals surface area (Å²) < 4.78 is 0. The number of aliphatic carboxylic acids is 1. The molecule has 0 aromatic carbocycles. The lowest BCUT2D eigenvalue weighted by atomic mass is 10.0. The summed E-state index contributed by atoms with van der Waals surface area (Å²) in [5.41, 5.74) is 0. The van der Waals surface area contributed by atoms with Crippen molar-refractivity contribution in [2.45, 2.75) is 32.7 Å². The first-order valence-corrected chi connectivity index (χ1v) is 6.13. The highest BCUT2D eigenvalue weighted by Crippen LogP contribution is 2.16. The molecule has 2 N–H and O–H groups in total. The summed E-state index contributed by atoms with van der Waals surface area (Å²) >= 11 is 0. The van der Waals surface area contributed by atoms with Gasteiger partial charge in [-0.15, -0.1) is 0 Å². The predicted molar refractivity (Wildman–Crippen MR) is 64.6 cm³/mol. The van der Waals surface area contributed by atoms with Crippen LogP contribution >= 0.6 is 0 Å². The number of nitrogens with zero attached hydrogens (tertiary/aromatic N) is 1. The Hall–Kier alpha value is -1.10. The number of hydrogen-bond donors (Lipinski definition) is 2. The van der Waals surface area contributed by atoms with Crippen LogP contribution in [0.15, 0.2) is 0 Å². The molecule has 1 fully saturated rings. The molecule has 2 unspecified atom stereocenters. The Morgan fingerprint density at radius 2 is 2.12 bits per heavy atom. The first-order chi connectivity index (χ1) is 7.93. The van der Waals surface area contributed by atoms with Crippen molar-refractivity contribution in [1.82, 2.24) is 10.2 Å². The molecule has 17 heavy (non-hydrogen) atoms. The molecule has 0 aliphatic carbocycles. The fourth-order valence-corrected chi connectivity index (χ4v) is 2.18. The van der Waals surface area contributed by atoms with Gasteiger partial charge in [-0.25, -0.2) is 4.79 Å². The van der Waals surface area contributed by atoms with Crippen molar-refractivity contribution in [3.8, 4) is 0 Å². The number of carbonyl (C=O) groups excluding carboxylic acids is 1. The lowest BCUT2D eigenvalue weighted by Gasteiger charge is -2.28. The Balaban J connectivity index is 2.65. The van der Waals surface area contributed by atoms with Crippen LogP contribution in [0.4, 0.5) is 0 Å². The Kier molecular flexibility index (Phi) is 4.93. The van der Waals surface area contributed by atoms with E-state index in [9.17, 15) is 14.7 Å². The molecule has 0 spiro atoms. The third-order valence-electron chi connectivity index (χ3n) is 3.20. The molecule has 2 atom stereocenters. The maximum absolute atomic E-state index is 12.1. The van der Waals surface area contributed by atoms with Crippen molar-refractivity contribution in [3.63, 3.8) is 0 Å². The molecule has 0 radical (unpaired) electrons. The van der Waals surface area contributed by atoms with Crippen molar-refractivity contribution in [1.29, 1.82) is 0 Å². The molecule has 0 aromatic rings. The molecule has 1 rings (SSSR count). The maximum Gasteiger partial charge on any atom is 0.326 e. The van der Waals surface area contributed by atoms with Crippen LogP contribution in [0.1, 0.15) is 26.7 Å². The molecule has 98 valence electrons. The van der Waals surface area contributed by atoms with Crippen LogP contribution in [0.25, 0.3) is 0 Å². The number of carboxylic acids is 1. The summed E-state index contributed by atoms with van der Waals surface area (Å²) in [6.07, 6.45) is 1.30. The fourth-order valence-electron chi connectivity index (χ4n) is 2.18. The minimum Gasteiger partial charge on any atom is -0.480 e. The van der Waals surface area contributed by atoms with Crippen molar-refractivity contribution in [3.05, 3.63) is 0 Å². The van der Waals surface area contributed by atoms with Crippen LogP contribution in [0.5, 0.6) is 0 Å². The number of carbonyl (C=O) groups is 2. The van der Waals surface area contributed by atoms with Gasteiger partial charge in [0.05, 0.1) is 5.92 Å². The Morgan fingerprint density at radius 3 is 2.53 bits per heavy atom. The second-order valence-electron chi connectivity index (χ2n) is 5.12. The van der Waals surface area contributed by atoms with Crippen molar-refractivity contribution >= 4 is 11.9 Å². The van der Waals surface area contributed by atoms with Crippen LogP contribution in [-0.2, 0) is 9.59 Å². The van der Waals surface area contributed by atoms with Crippen molar-refractivity contribution in [2.75, 3.05) is 20.1 Å². The van der Waals surface area contributed by atoms with Gasteiger partial charge in [-0.2, -0.15) is 0 Å². The highest BCUT2D eigenvalue weighted by molar-refractivity contribution is 5.85. The molecular weight excluding hydrogens is 220 g/mol. The van der Waals surface area contributed by atoms with Crippen molar-refractivity contribution in [2.24, 2.45) is 11.8 Å². The number of rotatable bonds is 5. The minimum atomic E-state index is -0.916. The normalized spacial score (nSPS) is 21.5. The zero-order valence-electron chi connectivity index (χ0n) is 10.8. The van der Waals surface area contributed by atoms with E-state index in [1.54, 1.807) is 7.05 Å². The quantitative estimate of drug-likeness (QED) is 0.739. The SMILES string of the molecule is CC(C)CC(C(=O)O)N(C)C(=O)C1CCNC1. The van der Waals surface area contributed by atoms with Gasteiger partial charge in [0, 0.05) is 13.6 Å². The van der Waals surface area contributed by atoms with E-state index in [1.807, 2.05) is 13.8 Å². The standard InChI is InChI=1S/C12H22N2O3/c1-8(2)6-10(12(16)17)14(3)11(15)9-4-5-13-7-9/h8-10,13H,4-7H2,1-3H3,(H,16,17).